The highest BCUT2D eigenvalue weighted by Gasteiger charge is 2.49. The van der Waals surface area contributed by atoms with Crippen LogP contribution in [0.3, 0.4) is 0 Å². The number of hydrogen-bond acceptors (Lipinski definition) is 6. The molecule has 5 aliphatic rings. The van der Waals surface area contributed by atoms with E-state index in [0.717, 1.165) is 63.6 Å². The van der Waals surface area contributed by atoms with E-state index in [2.05, 4.69) is 15.1 Å². The van der Waals surface area contributed by atoms with Gasteiger partial charge < -0.3 is 19.9 Å². The fourth-order valence-corrected chi connectivity index (χ4v) is 6.84. The summed E-state index contributed by atoms with van der Waals surface area (Å²) >= 11 is 0. The number of anilines is 1. The predicted molar refractivity (Wildman–Crippen MR) is 163 cm³/mol. The van der Waals surface area contributed by atoms with E-state index in [1.54, 1.807) is 4.90 Å². The molecule has 6 rings (SSSR count). The van der Waals surface area contributed by atoms with Crippen molar-refractivity contribution in [1.29, 1.82) is 0 Å². The molecule has 0 aromatic heterocycles. The first-order valence-corrected chi connectivity index (χ1v) is 13.9. The van der Waals surface area contributed by atoms with Gasteiger partial charge in [-0.2, -0.15) is 27.0 Å². The molecule has 2 saturated carbocycles. The maximum absolute atomic E-state index is 13.6. The van der Waals surface area contributed by atoms with Crippen molar-refractivity contribution < 1.29 is 19.1 Å². The van der Waals surface area contributed by atoms with Crippen molar-refractivity contribution in [2.75, 3.05) is 44.2 Å². The Bertz CT molecular complexity index is 992. The molecule has 3 aliphatic heterocycles. The highest BCUT2D eigenvalue weighted by molar-refractivity contribution is 7.59. The molecular weight excluding hydrogens is 532 g/mol. The lowest BCUT2D eigenvalue weighted by Crippen LogP contribution is -2.54. The summed E-state index contributed by atoms with van der Waals surface area (Å²) < 4.78 is 5.58. The lowest BCUT2D eigenvalue weighted by atomic mass is 9.91. The van der Waals surface area contributed by atoms with Gasteiger partial charge in [-0.15, -0.1) is 0 Å². The third-order valence-electron chi connectivity index (χ3n) is 9.22. The minimum Gasteiger partial charge on any atom is -0.369 e. The van der Waals surface area contributed by atoms with Gasteiger partial charge in [0.25, 0.3) is 5.91 Å². The maximum atomic E-state index is 13.6. The van der Waals surface area contributed by atoms with Crippen LogP contribution in [0.1, 0.15) is 69.2 Å². The fraction of sp³-hybridized carbons (Fsp3) is 0.690. The van der Waals surface area contributed by atoms with Gasteiger partial charge in [0.15, 0.2) is 5.78 Å². The summed E-state index contributed by atoms with van der Waals surface area (Å²) in [7, 11) is 0. The summed E-state index contributed by atoms with van der Waals surface area (Å²) in [6, 6.07) is 7.52. The summed E-state index contributed by atoms with van der Waals surface area (Å²) in [5.74, 6) is -0.246. The molecule has 39 heavy (non-hydrogen) atoms. The highest BCUT2D eigenvalue weighted by Crippen LogP contribution is 2.33. The largest absolute Gasteiger partial charge is 0.369 e. The van der Waals surface area contributed by atoms with Crippen molar-refractivity contribution in [3.8, 4) is 0 Å². The average Bonchev–Trinajstić information content (AvgIpc) is 3.62. The number of piperazine rings is 1. The molecule has 2 amide bonds. The predicted octanol–water partition coefficient (Wildman–Crippen LogP) is 3.08. The van der Waals surface area contributed by atoms with Crippen LogP contribution in [0.4, 0.5) is 5.69 Å². The molecule has 8 nitrogen and oxygen atoms in total. The molecule has 3 saturated heterocycles. The summed E-state index contributed by atoms with van der Waals surface area (Å²) in [4.78, 5) is 46.0. The zero-order chi connectivity index (χ0) is 24.6. The van der Waals surface area contributed by atoms with Crippen molar-refractivity contribution >= 4 is 50.3 Å². The third kappa shape index (κ3) is 6.44. The zero-order valence-corrected chi connectivity index (χ0v) is 24.1. The first-order valence-electron chi connectivity index (χ1n) is 13.9. The second kappa shape index (κ2) is 13.7. The Morgan fingerprint density at radius 2 is 1.54 bits per heavy atom. The first kappa shape index (κ1) is 31.8. The molecule has 0 spiro atoms. The Morgan fingerprint density at radius 1 is 0.872 bits per heavy atom. The minimum atomic E-state index is -0.591. The maximum Gasteiger partial charge on any atom is 0.251 e. The molecule has 0 radical (unpaired) electrons. The third-order valence-corrected chi connectivity index (χ3v) is 9.22. The molecular formula is C29H46N4O4S2. The highest BCUT2D eigenvalue weighted by atomic mass is 32.1. The lowest BCUT2D eigenvalue weighted by molar-refractivity contribution is -0.139. The number of fused-ring (bicyclic) bond motifs is 1. The molecule has 0 unspecified atom stereocenters. The second-order valence-corrected chi connectivity index (χ2v) is 11.2. The smallest absolute Gasteiger partial charge is 0.251 e. The molecule has 218 valence electrons. The minimum absolute atomic E-state index is 0. The van der Waals surface area contributed by atoms with Gasteiger partial charge in [0.2, 0.25) is 5.91 Å². The first-order chi connectivity index (χ1) is 17.6. The van der Waals surface area contributed by atoms with Crippen molar-refractivity contribution in [1.82, 2.24) is 15.1 Å². The number of hydrogen-bond donors (Lipinski definition) is 1. The van der Waals surface area contributed by atoms with Crippen LogP contribution in [-0.4, -0.2) is 91.0 Å². The number of benzene rings is 1. The lowest BCUT2D eigenvalue weighted by Gasteiger charge is -2.43. The quantitative estimate of drug-likeness (QED) is 0.559. The number of ether oxygens (including phenoxy) is 1. The van der Waals surface area contributed by atoms with E-state index in [0.29, 0.717) is 18.5 Å². The Morgan fingerprint density at radius 3 is 2.15 bits per heavy atom. The molecule has 1 aromatic carbocycles. The summed E-state index contributed by atoms with van der Waals surface area (Å²) in [5, 5.41) is 3.07. The van der Waals surface area contributed by atoms with Crippen LogP contribution in [0.25, 0.3) is 0 Å². The van der Waals surface area contributed by atoms with Gasteiger partial charge in [-0.25, -0.2) is 0 Å². The topological polar surface area (TPSA) is 82.2 Å². The fourth-order valence-electron chi connectivity index (χ4n) is 6.84. The van der Waals surface area contributed by atoms with Crippen LogP contribution < -0.4 is 10.2 Å². The van der Waals surface area contributed by atoms with Crippen LogP contribution in [0.2, 0.25) is 0 Å². The van der Waals surface area contributed by atoms with Crippen molar-refractivity contribution in [3.05, 3.63) is 29.8 Å². The van der Waals surface area contributed by atoms with E-state index in [1.807, 2.05) is 24.3 Å². The number of ketones is 1. The molecule has 2 aliphatic carbocycles. The van der Waals surface area contributed by atoms with Gasteiger partial charge >= 0.3 is 0 Å². The number of Topliss-reactive ketones (excluding diaryl/α,β-unsaturated/α-hetero) is 1. The summed E-state index contributed by atoms with van der Waals surface area (Å²) in [5.41, 5.74) is 1.72. The van der Waals surface area contributed by atoms with Crippen molar-refractivity contribution in [2.24, 2.45) is 5.92 Å². The molecule has 10 heteroatoms. The Kier molecular flexibility index (Phi) is 11.2. The van der Waals surface area contributed by atoms with E-state index in [4.69, 9.17) is 4.74 Å². The van der Waals surface area contributed by atoms with Gasteiger partial charge in [0.05, 0.1) is 6.10 Å². The van der Waals surface area contributed by atoms with E-state index in [-0.39, 0.29) is 70.6 Å². The zero-order valence-electron chi connectivity index (χ0n) is 22.1. The number of likely N-dealkylation sites (tertiary alicyclic amines) is 1. The number of nitrogens with zero attached hydrogens (tertiary/aromatic N) is 3. The van der Waals surface area contributed by atoms with Crippen LogP contribution in [0, 0.1) is 5.92 Å². The van der Waals surface area contributed by atoms with Crippen LogP contribution >= 0.6 is 27.0 Å². The van der Waals surface area contributed by atoms with Crippen LogP contribution in [-0.2, 0) is 14.3 Å². The van der Waals surface area contributed by atoms with Crippen LogP contribution in [0.15, 0.2) is 24.3 Å². The van der Waals surface area contributed by atoms with Crippen molar-refractivity contribution in [2.45, 2.75) is 83.0 Å². The van der Waals surface area contributed by atoms with E-state index < -0.39 is 12.1 Å². The van der Waals surface area contributed by atoms with Crippen LogP contribution in [0.5, 0.6) is 0 Å². The number of carbonyl (C=O) groups excluding carboxylic acids is 3. The van der Waals surface area contributed by atoms with E-state index in [1.165, 1.54) is 19.3 Å². The SMILES string of the molecule is C.O=C(N[C@H](C(=O)N1CC[C@H]2OCC(=O)[C@H]21)C1CCCC1)c1ccc(N2CCN(C3CCC3)CC2)cc1.S.S. The molecule has 3 atom stereocenters. The number of carbonyl (C=O) groups is 3. The standard InChI is InChI=1S/C28H38N4O4.CH4.2H2S/c33-23-18-36-24-12-13-32(26(23)24)28(35)25(19-4-1-2-5-19)29-27(34)20-8-10-22(11-9-20)31-16-14-30(15-17-31)21-6-3-7-21;;;/h8-11,19,21,24-26H,1-7,12-18H2,(H,29,34);1H4;2*1H2/t24-,25+,26-;;;/m1.../s1. The van der Waals surface area contributed by atoms with Gasteiger partial charge in [0, 0.05) is 50.0 Å². The average molecular weight is 579 g/mol. The van der Waals surface area contributed by atoms with Crippen molar-refractivity contribution in [3.63, 3.8) is 0 Å². The van der Waals surface area contributed by atoms with Gasteiger partial charge in [-0.05, 0) is 62.3 Å². The molecule has 1 aromatic rings. The normalized spacial score (nSPS) is 26.1. The summed E-state index contributed by atoms with van der Waals surface area (Å²) in [6.45, 7) is 4.83. The van der Waals surface area contributed by atoms with Gasteiger partial charge in [-0.1, -0.05) is 26.7 Å². The van der Waals surface area contributed by atoms with E-state index >= 15 is 0 Å². The molecule has 5 fully saturated rings. The molecule has 0 bridgehead atoms. The monoisotopic (exact) mass is 578 g/mol. The molecule has 1 N–H and O–H groups in total. The Labute approximate surface area is 247 Å². The van der Waals surface area contributed by atoms with Gasteiger partial charge in [-0.3, -0.25) is 19.3 Å². The second-order valence-electron chi connectivity index (χ2n) is 11.2. The van der Waals surface area contributed by atoms with Gasteiger partial charge in [0.1, 0.15) is 18.7 Å². The Hall–Kier alpha value is -1.75. The number of amides is 2. The summed E-state index contributed by atoms with van der Waals surface area (Å²) in [6.07, 6.45) is 8.54. The molecule has 3 heterocycles. The van der Waals surface area contributed by atoms with E-state index in [9.17, 15) is 14.4 Å². The number of rotatable bonds is 6. The Balaban J connectivity index is 0.00000140. The number of nitrogens with one attached hydrogen (secondary N) is 1.